The Hall–Kier alpha value is -0.0800. The second-order valence-electron chi connectivity index (χ2n) is 7.58. The molecule has 4 rings (SSSR count). The fraction of sp³-hybridized carbons (Fsp3) is 1.00. The summed E-state index contributed by atoms with van der Waals surface area (Å²) in [5.41, 5.74) is 0.413. The molecule has 102 valence electrons. The largest absolute Gasteiger partial charge is 0.393 e. The van der Waals surface area contributed by atoms with E-state index in [1.54, 1.807) is 0 Å². The summed E-state index contributed by atoms with van der Waals surface area (Å²) in [4.78, 5) is 2.82. The number of hydrogen-bond donors (Lipinski definition) is 1. The quantitative estimate of drug-likeness (QED) is 0.713. The van der Waals surface area contributed by atoms with Crippen LogP contribution in [0.25, 0.3) is 0 Å². The summed E-state index contributed by atoms with van der Waals surface area (Å²) in [7, 11) is 0. The molecular weight excluding hydrogens is 222 g/mol. The zero-order valence-corrected chi connectivity index (χ0v) is 11.6. The highest BCUT2D eigenvalue weighted by atomic mass is 16.3. The molecule has 0 aromatic rings. The van der Waals surface area contributed by atoms with Crippen molar-refractivity contribution < 1.29 is 5.11 Å². The molecule has 2 saturated carbocycles. The predicted octanol–water partition coefficient (Wildman–Crippen LogP) is 2.66. The molecule has 2 heteroatoms. The van der Waals surface area contributed by atoms with Crippen LogP contribution in [0.2, 0.25) is 0 Å². The molecule has 2 nitrogen and oxygen atoms in total. The van der Waals surface area contributed by atoms with Gasteiger partial charge >= 0.3 is 0 Å². The van der Waals surface area contributed by atoms with Crippen molar-refractivity contribution in [1.29, 1.82) is 0 Å². The fourth-order valence-electron chi connectivity index (χ4n) is 6.43. The van der Waals surface area contributed by atoms with E-state index in [0.29, 0.717) is 11.5 Å². The summed E-state index contributed by atoms with van der Waals surface area (Å²) in [5.74, 6) is 3.20. The average Bonchev–Trinajstić information content (AvgIpc) is 2.33. The molecule has 2 bridgehead atoms. The minimum atomic E-state index is -0.000324. The normalized spacial score (nSPS) is 56.0. The number of rotatable bonds is 0. The molecule has 2 heterocycles. The van der Waals surface area contributed by atoms with Gasteiger partial charge in [-0.25, -0.2) is 0 Å². The highest BCUT2D eigenvalue weighted by Gasteiger charge is 2.61. The van der Waals surface area contributed by atoms with Crippen molar-refractivity contribution >= 4 is 0 Å². The number of aliphatic hydroxyl groups is 1. The maximum Gasteiger partial charge on any atom is 0.0589 e. The van der Waals surface area contributed by atoms with Gasteiger partial charge in [-0.2, -0.15) is 0 Å². The average molecular weight is 249 g/mol. The van der Waals surface area contributed by atoms with Crippen LogP contribution in [0.1, 0.15) is 51.9 Å². The molecule has 0 aromatic carbocycles. The first-order valence-electron chi connectivity index (χ1n) is 8.15. The topological polar surface area (TPSA) is 23.5 Å². The fourth-order valence-corrected chi connectivity index (χ4v) is 6.43. The monoisotopic (exact) mass is 249 g/mol. The molecule has 1 spiro atoms. The lowest BCUT2D eigenvalue weighted by Crippen LogP contribution is -2.72. The van der Waals surface area contributed by atoms with Crippen molar-refractivity contribution in [1.82, 2.24) is 4.90 Å². The molecule has 1 N–H and O–H groups in total. The van der Waals surface area contributed by atoms with E-state index in [0.717, 1.165) is 24.2 Å². The molecule has 0 amide bonds. The summed E-state index contributed by atoms with van der Waals surface area (Å²) in [5, 5.41) is 10.6. The molecule has 18 heavy (non-hydrogen) atoms. The maximum absolute atomic E-state index is 10.6. The van der Waals surface area contributed by atoms with Crippen LogP contribution in [-0.2, 0) is 0 Å². The molecule has 0 aromatic heterocycles. The summed E-state index contributed by atoms with van der Waals surface area (Å²) >= 11 is 0. The number of hydrogen-bond acceptors (Lipinski definition) is 2. The van der Waals surface area contributed by atoms with Crippen LogP contribution in [0.4, 0.5) is 0 Å². The van der Waals surface area contributed by atoms with Crippen molar-refractivity contribution in [2.24, 2.45) is 23.7 Å². The van der Waals surface area contributed by atoms with E-state index >= 15 is 0 Å². The summed E-state index contributed by atoms with van der Waals surface area (Å²) < 4.78 is 0. The van der Waals surface area contributed by atoms with Gasteiger partial charge in [0.1, 0.15) is 0 Å². The highest BCUT2D eigenvalue weighted by molar-refractivity contribution is 5.15. The minimum absolute atomic E-state index is 0.000324. The third-order valence-corrected chi connectivity index (χ3v) is 6.72. The lowest BCUT2D eigenvalue weighted by atomic mass is 9.48. The van der Waals surface area contributed by atoms with Crippen molar-refractivity contribution in [2.75, 3.05) is 13.1 Å². The molecule has 2 aliphatic carbocycles. The molecule has 4 fully saturated rings. The van der Waals surface area contributed by atoms with Crippen LogP contribution in [0.3, 0.4) is 0 Å². The van der Waals surface area contributed by atoms with Crippen molar-refractivity contribution in [2.45, 2.75) is 63.5 Å². The summed E-state index contributed by atoms with van der Waals surface area (Å²) in [6.45, 7) is 5.06. The van der Waals surface area contributed by atoms with E-state index in [2.05, 4.69) is 11.8 Å². The zero-order valence-electron chi connectivity index (χ0n) is 11.6. The van der Waals surface area contributed by atoms with Crippen LogP contribution in [0, 0.1) is 23.7 Å². The Bertz CT molecular complexity index is 330. The van der Waals surface area contributed by atoms with E-state index in [9.17, 15) is 5.11 Å². The second kappa shape index (κ2) is 3.96. The van der Waals surface area contributed by atoms with Crippen LogP contribution >= 0.6 is 0 Å². The zero-order chi connectivity index (χ0) is 12.3. The second-order valence-corrected chi connectivity index (χ2v) is 7.58. The smallest absolute Gasteiger partial charge is 0.0589 e. The van der Waals surface area contributed by atoms with Crippen LogP contribution in [0.15, 0.2) is 0 Å². The van der Waals surface area contributed by atoms with Gasteiger partial charge in [0, 0.05) is 11.5 Å². The summed E-state index contributed by atoms with van der Waals surface area (Å²) in [6, 6.07) is 0. The first-order valence-corrected chi connectivity index (χ1v) is 8.15. The van der Waals surface area contributed by atoms with Crippen molar-refractivity contribution in [3.05, 3.63) is 0 Å². The Balaban J connectivity index is 1.80. The molecule has 4 aliphatic rings. The molecule has 6 atom stereocenters. The Morgan fingerprint density at radius 1 is 1.06 bits per heavy atom. The van der Waals surface area contributed by atoms with Gasteiger partial charge < -0.3 is 5.11 Å². The van der Waals surface area contributed by atoms with Crippen LogP contribution in [-0.4, -0.2) is 34.7 Å². The third kappa shape index (κ3) is 1.37. The lowest BCUT2D eigenvalue weighted by molar-refractivity contribution is -0.194. The Labute approximate surface area is 111 Å². The van der Waals surface area contributed by atoms with Crippen LogP contribution < -0.4 is 0 Å². The van der Waals surface area contributed by atoms with Gasteiger partial charge in [0.15, 0.2) is 0 Å². The van der Waals surface area contributed by atoms with Gasteiger partial charge in [-0.3, -0.25) is 4.90 Å². The van der Waals surface area contributed by atoms with Gasteiger partial charge in [-0.05, 0) is 75.8 Å². The SMILES string of the molecule is C[C@@H]1C[C@H]2C[C@@H](O)[C@H]3CCCN4CCC[C@H]2[C@]34C1. The van der Waals surface area contributed by atoms with E-state index in [1.807, 2.05) is 0 Å². The molecular formula is C16H27NO. The van der Waals surface area contributed by atoms with Crippen molar-refractivity contribution in [3.8, 4) is 0 Å². The number of aliphatic hydroxyl groups excluding tert-OH is 1. The summed E-state index contributed by atoms with van der Waals surface area (Å²) in [6.07, 6.45) is 9.30. The molecule has 2 saturated heterocycles. The Morgan fingerprint density at radius 2 is 1.78 bits per heavy atom. The first kappa shape index (κ1) is 11.7. The van der Waals surface area contributed by atoms with Gasteiger partial charge in [0.2, 0.25) is 0 Å². The minimum Gasteiger partial charge on any atom is -0.393 e. The standard InChI is InChI=1S/C16H27NO/c1-11-8-12-9-15(18)14-5-3-7-17-6-2-4-13(12)16(14,17)10-11/h11-15,18H,2-10H2,1H3/t11-,12+,13-,14-,15-,16-/m1/s1. The highest BCUT2D eigenvalue weighted by Crippen LogP contribution is 2.60. The van der Waals surface area contributed by atoms with E-state index in [-0.39, 0.29) is 6.10 Å². The maximum atomic E-state index is 10.6. The lowest BCUT2D eigenvalue weighted by Gasteiger charge is -2.67. The van der Waals surface area contributed by atoms with Gasteiger partial charge in [0.05, 0.1) is 6.10 Å². The Morgan fingerprint density at radius 3 is 2.56 bits per heavy atom. The number of nitrogens with zero attached hydrogens (tertiary/aromatic N) is 1. The predicted molar refractivity (Wildman–Crippen MR) is 72.3 cm³/mol. The Kier molecular flexibility index (Phi) is 2.58. The van der Waals surface area contributed by atoms with E-state index in [4.69, 9.17) is 0 Å². The molecule has 2 aliphatic heterocycles. The molecule has 0 unspecified atom stereocenters. The van der Waals surface area contributed by atoms with E-state index < -0.39 is 0 Å². The van der Waals surface area contributed by atoms with E-state index in [1.165, 1.54) is 51.6 Å². The third-order valence-electron chi connectivity index (χ3n) is 6.72. The molecule has 0 radical (unpaired) electrons. The number of piperidine rings is 2. The first-order chi connectivity index (χ1) is 8.72. The van der Waals surface area contributed by atoms with Crippen molar-refractivity contribution in [3.63, 3.8) is 0 Å². The van der Waals surface area contributed by atoms with Gasteiger partial charge in [-0.1, -0.05) is 6.92 Å². The van der Waals surface area contributed by atoms with Gasteiger partial charge in [0.25, 0.3) is 0 Å². The van der Waals surface area contributed by atoms with Crippen LogP contribution in [0.5, 0.6) is 0 Å². The van der Waals surface area contributed by atoms with Gasteiger partial charge in [-0.15, -0.1) is 0 Å².